The summed E-state index contributed by atoms with van der Waals surface area (Å²) in [6.07, 6.45) is -2.90. The number of fused-ring (bicyclic) bond motifs is 4. The summed E-state index contributed by atoms with van der Waals surface area (Å²) >= 11 is 0. The first-order chi connectivity index (χ1) is 15.9. The summed E-state index contributed by atoms with van der Waals surface area (Å²) < 4.78 is 39.6. The van der Waals surface area contributed by atoms with Gasteiger partial charge in [0.2, 0.25) is 0 Å². The summed E-state index contributed by atoms with van der Waals surface area (Å²) in [5.41, 5.74) is 2.01. The number of alkyl halides is 3. The van der Waals surface area contributed by atoms with Crippen molar-refractivity contribution in [1.29, 1.82) is 0 Å². The number of hydrogen-bond acceptors (Lipinski definition) is 3. The predicted octanol–water partition coefficient (Wildman–Crippen LogP) is 5.12. The Balaban J connectivity index is 1.42. The Morgan fingerprint density at radius 2 is 1.88 bits per heavy atom. The first-order valence-electron chi connectivity index (χ1n) is 10.9. The fraction of sp³-hybridized carbons (Fsp3) is 0.280. The van der Waals surface area contributed by atoms with Crippen molar-refractivity contribution in [3.05, 3.63) is 77.9 Å². The highest BCUT2D eigenvalue weighted by atomic mass is 19.4. The molecule has 170 valence electrons. The lowest BCUT2D eigenvalue weighted by molar-refractivity contribution is -0.137. The van der Waals surface area contributed by atoms with Gasteiger partial charge < -0.3 is 10.2 Å². The van der Waals surface area contributed by atoms with Gasteiger partial charge in [-0.2, -0.15) is 13.2 Å². The van der Waals surface area contributed by atoms with Gasteiger partial charge in [0.15, 0.2) is 5.82 Å². The molecule has 3 aromatic rings. The Morgan fingerprint density at radius 3 is 2.67 bits per heavy atom. The van der Waals surface area contributed by atoms with Gasteiger partial charge in [-0.3, -0.25) is 4.90 Å². The number of nitrogens with one attached hydrogen (secondary N) is 1. The largest absolute Gasteiger partial charge is 0.416 e. The van der Waals surface area contributed by atoms with Crippen LogP contribution in [0.4, 0.5) is 29.5 Å². The van der Waals surface area contributed by atoms with E-state index in [1.807, 2.05) is 36.4 Å². The van der Waals surface area contributed by atoms with Crippen LogP contribution in [0.5, 0.6) is 0 Å². The van der Waals surface area contributed by atoms with Crippen LogP contribution in [0.15, 0.2) is 66.7 Å². The highest BCUT2D eigenvalue weighted by Crippen LogP contribution is 2.40. The van der Waals surface area contributed by atoms with E-state index in [0.29, 0.717) is 30.0 Å². The number of aromatic nitrogens is 1. The van der Waals surface area contributed by atoms with Crippen LogP contribution in [-0.2, 0) is 12.6 Å². The molecule has 1 N–H and O–H groups in total. The highest BCUT2D eigenvalue weighted by Gasteiger charge is 2.40. The quantitative estimate of drug-likeness (QED) is 0.598. The van der Waals surface area contributed by atoms with E-state index in [4.69, 9.17) is 0 Å². The van der Waals surface area contributed by atoms with Gasteiger partial charge >= 0.3 is 12.2 Å². The van der Waals surface area contributed by atoms with E-state index < -0.39 is 11.7 Å². The molecular formula is C25H23F3N4O. The van der Waals surface area contributed by atoms with Crippen molar-refractivity contribution < 1.29 is 18.0 Å². The highest BCUT2D eigenvalue weighted by molar-refractivity contribution is 5.97. The van der Waals surface area contributed by atoms with Gasteiger partial charge in [0, 0.05) is 25.2 Å². The molecule has 0 radical (unpaired) electrons. The third kappa shape index (κ3) is 4.25. The van der Waals surface area contributed by atoms with Crippen molar-refractivity contribution in [2.75, 3.05) is 29.4 Å². The van der Waals surface area contributed by atoms with Gasteiger partial charge in [-0.25, -0.2) is 9.78 Å². The second-order valence-corrected chi connectivity index (χ2v) is 8.34. The maximum absolute atomic E-state index is 13.2. The van der Waals surface area contributed by atoms with Crippen LogP contribution in [0.3, 0.4) is 0 Å². The lowest BCUT2D eigenvalue weighted by Gasteiger charge is -2.36. The van der Waals surface area contributed by atoms with E-state index in [0.717, 1.165) is 42.9 Å². The van der Waals surface area contributed by atoms with Crippen LogP contribution in [0.1, 0.15) is 17.5 Å². The summed E-state index contributed by atoms with van der Waals surface area (Å²) in [4.78, 5) is 21.7. The van der Waals surface area contributed by atoms with E-state index in [9.17, 15) is 18.0 Å². The van der Waals surface area contributed by atoms with E-state index in [2.05, 4.69) is 15.2 Å². The molecular weight excluding hydrogens is 429 g/mol. The number of pyridine rings is 1. The zero-order valence-corrected chi connectivity index (χ0v) is 17.8. The minimum atomic E-state index is -4.43. The zero-order valence-electron chi connectivity index (χ0n) is 17.8. The maximum Gasteiger partial charge on any atom is 0.416 e. The molecule has 0 spiro atoms. The summed E-state index contributed by atoms with van der Waals surface area (Å²) in [5.74, 6) is 0.496. The van der Waals surface area contributed by atoms with E-state index in [-0.39, 0.29) is 12.1 Å². The van der Waals surface area contributed by atoms with Crippen molar-refractivity contribution in [3.63, 3.8) is 0 Å². The van der Waals surface area contributed by atoms with Crippen LogP contribution < -0.4 is 15.1 Å². The monoisotopic (exact) mass is 452 g/mol. The van der Waals surface area contributed by atoms with Crippen molar-refractivity contribution in [3.8, 4) is 11.3 Å². The van der Waals surface area contributed by atoms with Gasteiger partial charge in [0.1, 0.15) is 0 Å². The number of rotatable bonds is 4. The summed E-state index contributed by atoms with van der Waals surface area (Å²) in [5, 5.41) is 2.99. The third-order valence-corrected chi connectivity index (χ3v) is 6.19. The Bertz CT molecular complexity index is 1170. The first kappa shape index (κ1) is 21.3. The number of carbonyl (C=O) groups excluding carboxylic acids is 1. The average Bonchev–Trinajstić information content (AvgIpc) is 3.23. The Kier molecular flexibility index (Phi) is 5.44. The molecule has 2 aliphatic heterocycles. The van der Waals surface area contributed by atoms with Gasteiger partial charge in [0.25, 0.3) is 0 Å². The number of halogens is 3. The van der Waals surface area contributed by atoms with E-state index in [1.54, 1.807) is 17.0 Å². The normalized spacial score (nSPS) is 17.1. The zero-order chi connectivity index (χ0) is 23.0. The molecule has 2 aromatic carbocycles. The average molecular weight is 452 g/mol. The van der Waals surface area contributed by atoms with Gasteiger partial charge in [-0.15, -0.1) is 0 Å². The predicted molar refractivity (Wildman–Crippen MR) is 121 cm³/mol. The lowest BCUT2D eigenvalue weighted by atomic mass is 10.1. The fourth-order valence-electron chi connectivity index (χ4n) is 4.53. The fourth-order valence-corrected chi connectivity index (χ4v) is 4.53. The molecule has 2 bridgehead atoms. The second-order valence-electron chi connectivity index (χ2n) is 8.34. The first-order valence-corrected chi connectivity index (χ1v) is 10.9. The second kappa shape index (κ2) is 8.42. The number of nitrogens with zero attached hydrogens (tertiary/aromatic N) is 3. The third-order valence-electron chi connectivity index (χ3n) is 6.19. The number of carbonyl (C=O) groups is 1. The molecule has 1 saturated heterocycles. The number of benzene rings is 2. The summed E-state index contributed by atoms with van der Waals surface area (Å²) in [6.45, 7) is 2.03. The molecule has 0 saturated carbocycles. The molecule has 1 fully saturated rings. The van der Waals surface area contributed by atoms with Crippen molar-refractivity contribution in [2.24, 2.45) is 0 Å². The molecule has 0 unspecified atom stereocenters. The molecule has 8 heteroatoms. The maximum atomic E-state index is 13.2. The number of urea groups is 1. The van der Waals surface area contributed by atoms with Crippen LogP contribution in [0.25, 0.3) is 11.3 Å². The Labute approximate surface area is 189 Å². The summed E-state index contributed by atoms with van der Waals surface area (Å²) in [6, 6.07) is 18.3. The Morgan fingerprint density at radius 1 is 1.06 bits per heavy atom. The van der Waals surface area contributed by atoms with E-state index >= 15 is 0 Å². The van der Waals surface area contributed by atoms with Gasteiger partial charge in [-0.05, 0) is 42.7 Å². The number of anilines is 2. The smallest absolute Gasteiger partial charge is 0.366 e. The van der Waals surface area contributed by atoms with Crippen LogP contribution in [-0.4, -0.2) is 36.7 Å². The molecule has 1 atom stereocenters. The SMILES string of the molecule is O=C(NCCc1ccccc1)N1c2nc(-c3cccc(C(F)(F)F)c3)ccc2N2CC[C@H]1C2. The minimum absolute atomic E-state index is 0.0153. The standard InChI is InChI=1S/C25H23F3N4O/c26-25(27,28)19-8-4-7-18(15-19)21-9-10-22-23(30-21)32(20-12-14-31(22)16-20)24(33)29-13-11-17-5-2-1-3-6-17/h1-10,15,20H,11-14,16H2,(H,29,33)/t20-/m0/s1. The Hall–Kier alpha value is -3.55. The van der Waals surface area contributed by atoms with Crippen molar-refractivity contribution >= 4 is 17.5 Å². The van der Waals surface area contributed by atoms with Crippen LogP contribution >= 0.6 is 0 Å². The molecule has 3 heterocycles. The van der Waals surface area contributed by atoms with Gasteiger partial charge in [0.05, 0.1) is 23.0 Å². The number of amides is 2. The molecule has 1 aromatic heterocycles. The molecule has 5 nitrogen and oxygen atoms in total. The van der Waals surface area contributed by atoms with Crippen molar-refractivity contribution in [2.45, 2.75) is 25.1 Å². The molecule has 2 amide bonds. The minimum Gasteiger partial charge on any atom is -0.366 e. The van der Waals surface area contributed by atoms with Crippen LogP contribution in [0.2, 0.25) is 0 Å². The lowest BCUT2D eigenvalue weighted by Crippen LogP contribution is -2.51. The molecule has 2 aliphatic rings. The summed E-state index contributed by atoms with van der Waals surface area (Å²) in [7, 11) is 0. The molecule has 33 heavy (non-hydrogen) atoms. The number of hydrogen-bond donors (Lipinski definition) is 1. The topological polar surface area (TPSA) is 48.5 Å². The molecule has 5 rings (SSSR count). The molecule has 0 aliphatic carbocycles. The van der Waals surface area contributed by atoms with E-state index in [1.165, 1.54) is 6.07 Å². The van der Waals surface area contributed by atoms with Crippen LogP contribution in [0, 0.1) is 0 Å². The van der Waals surface area contributed by atoms with Crippen molar-refractivity contribution in [1.82, 2.24) is 10.3 Å². The van der Waals surface area contributed by atoms with Gasteiger partial charge in [-0.1, -0.05) is 42.5 Å².